The van der Waals surface area contributed by atoms with Gasteiger partial charge in [0.25, 0.3) is 6.47 Å². The van der Waals surface area contributed by atoms with Crippen molar-refractivity contribution in [1.29, 1.82) is 0 Å². The summed E-state index contributed by atoms with van der Waals surface area (Å²) in [5.74, 6) is 0.389. The van der Waals surface area contributed by atoms with Gasteiger partial charge in [0.1, 0.15) is 16.8 Å². The molecule has 0 saturated carbocycles. The molecule has 35 heavy (non-hydrogen) atoms. The van der Waals surface area contributed by atoms with Crippen LogP contribution in [0.15, 0.2) is 58.3 Å². The molecule has 0 radical (unpaired) electrons. The molecule has 0 spiro atoms. The average molecular weight is 833 g/mol. The van der Waals surface area contributed by atoms with E-state index in [0.717, 1.165) is 9.79 Å². The Hall–Kier alpha value is 1.69. The van der Waals surface area contributed by atoms with Crippen LogP contribution in [0, 0.1) is 0 Å². The molecule has 0 aliphatic carbocycles. The van der Waals surface area contributed by atoms with E-state index in [-0.39, 0.29) is 169 Å². The minimum atomic E-state index is -0.217. The first kappa shape index (κ1) is 43.7. The zero-order chi connectivity index (χ0) is 25.5. The van der Waals surface area contributed by atoms with Crippen LogP contribution in [0.2, 0.25) is 0 Å². The summed E-state index contributed by atoms with van der Waals surface area (Å²) in [4.78, 5) is 34.2. The van der Waals surface area contributed by atoms with Gasteiger partial charge in [-0.25, -0.2) is 0 Å². The third-order valence-electron chi connectivity index (χ3n) is 2.80. The van der Waals surface area contributed by atoms with E-state index in [1.54, 1.807) is 62.4 Å². The molecule has 2 aromatic rings. The van der Waals surface area contributed by atoms with Gasteiger partial charge >= 0.3 is 150 Å². The Morgan fingerprint density at radius 2 is 1.37 bits per heavy atom. The maximum Gasteiger partial charge on any atom is 1.00 e. The van der Waals surface area contributed by atoms with Gasteiger partial charge in [-0.15, -0.1) is 24.4 Å². The number of phenolic OH excluding ortho intramolecular Hbond substituents is 2. The maximum atomic E-state index is 11.0. The number of carbonyl (C=O) groups excluding carboxylic acids is 3. The second-order valence-electron chi connectivity index (χ2n) is 5.24. The van der Waals surface area contributed by atoms with E-state index in [1.165, 1.54) is 11.8 Å². The number of thioether (sulfide) groups is 1. The second-order valence-corrected chi connectivity index (χ2v) is 7.36. The second kappa shape index (κ2) is 31.9. The molecule has 0 aliphatic heterocycles. The molecule has 0 aromatic heterocycles. The number of thiol groups is 1. The summed E-state index contributed by atoms with van der Waals surface area (Å²) in [5.41, 5.74) is 0. The van der Waals surface area contributed by atoms with E-state index in [2.05, 4.69) is 38.2 Å². The Bertz CT molecular complexity index is 769. The van der Waals surface area contributed by atoms with Gasteiger partial charge < -0.3 is 31.3 Å². The van der Waals surface area contributed by atoms with Crippen molar-refractivity contribution in [3.05, 3.63) is 48.5 Å². The van der Waals surface area contributed by atoms with Gasteiger partial charge in [-0.05, 0) is 62.4 Å². The van der Waals surface area contributed by atoms with Crippen molar-refractivity contribution in [2.75, 3.05) is 24.3 Å². The maximum absolute atomic E-state index is 11.0. The molecule has 0 atom stereocenters. The van der Waals surface area contributed by atoms with Crippen molar-refractivity contribution >= 4 is 58.7 Å². The van der Waals surface area contributed by atoms with Gasteiger partial charge in [0, 0.05) is 9.79 Å². The van der Waals surface area contributed by atoms with Gasteiger partial charge in [0.15, 0.2) is 0 Å². The summed E-state index contributed by atoms with van der Waals surface area (Å²) in [7, 11) is 0. The van der Waals surface area contributed by atoms with E-state index in [4.69, 9.17) is 25.0 Å². The number of carbonyl (C=O) groups is 3. The molecule has 0 unspecified atom stereocenters. The molecule has 0 heterocycles. The average Bonchev–Trinajstić information content (AvgIpc) is 2.82. The summed E-state index contributed by atoms with van der Waals surface area (Å²) in [6.07, 6.45) is 0. The Kier molecular flexibility index (Phi) is 39.9. The van der Waals surface area contributed by atoms with Crippen LogP contribution < -0.4 is 143 Å². The molecule has 2 N–H and O–H groups in total. The summed E-state index contributed by atoms with van der Waals surface area (Å²) >= 11 is 8.35. The normalized spacial score (nSPS) is 8.26. The Morgan fingerprint density at radius 3 is 1.69 bits per heavy atom. The molecule has 186 valence electrons. The third-order valence-corrected chi connectivity index (χ3v) is 4.54. The van der Waals surface area contributed by atoms with Crippen molar-refractivity contribution in [2.24, 2.45) is 0 Å². The van der Waals surface area contributed by atoms with Crippen molar-refractivity contribution in [3.63, 3.8) is 0 Å². The van der Waals surface area contributed by atoms with Crippen LogP contribution >= 0.6 is 40.3 Å². The molecule has 0 saturated heterocycles. The quantitative estimate of drug-likeness (QED) is 0.0511. The van der Waals surface area contributed by atoms with Crippen LogP contribution in [0.5, 0.6) is 11.5 Å². The number of rotatable bonds is 7. The topological polar surface area (TPSA) is 142 Å². The van der Waals surface area contributed by atoms with Crippen LogP contribution in [0.1, 0.15) is 15.3 Å². The zero-order valence-electron chi connectivity index (χ0n) is 21.0. The molecule has 2 rings (SSSR count). The molecule has 0 fully saturated rings. The van der Waals surface area contributed by atoms with E-state index < -0.39 is 0 Å². The first-order valence-corrected chi connectivity index (χ1v) is 11.8. The number of esters is 2. The third kappa shape index (κ3) is 31.8. The fraction of sp³-hybridized carbons (Fsp3) is 0.286. The summed E-state index contributed by atoms with van der Waals surface area (Å²) in [5, 5.41) is 26.5. The standard InChI is InChI=1S/C10H12O3S.C6H6OS.C4H7BrO2.CH2O3.2Cs.H/c1-2-13-10(12)7-14-9-5-3-8(11)4-6-9;7-5-1-3-6(8)4-2-5;1-2-7-4(6)3-5;2-1-4-3;;;/h3-6,11H,2,7H2,1H3;1-4,7-8H;2-3H2,1H3;1,3H;;;/q;;;;2*+1;-1/p-1. The number of benzene rings is 2. The SMILES string of the molecule is CCOC(=O)CBr.CCOC(=O)CSc1ccc(O)cc1.O=CO[O-].Oc1ccc(S)cc1.[Cs+].[Cs+].[H-]. The first-order chi connectivity index (χ1) is 15.7. The minimum absolute atomic E-state index is 0. The number of aromatic hydroxyl groups is 2. The number of hydrogen-bond acceptors (Lipinski definition) is 11. The summed E-state index contributed by atoms with van der Waals surface area (Å²) in [6, 6.07) is 13.4. The monoisotopic (exact) mass is 832 g/mol. The van der Waals surface area contributed by atoms with Crippen LogP contribution in [0.25, 0.3) is 0 Å². The van der Waals surface area contributed by atoms with Crippen molar-refractivity contribution in [1.82, 2.24) is 0 Å². The molecule has 0 aliphatic rings. The number of ether oxygens (including phenoxy) is 2. The zero-order valence-corrected chi connectivity index (χ0v) is 35.9. The smallest absolute Gasteiger partial charge is 1.00 e. The number of hydrogen-bond donors (Lipinski definition) is 3. The number of halogens is 1. The minimum Gasteiger partial charge on any atom is -1.00 e. The van der Waals surface area contributed by atoms with Crippen LogP contribution in [0.4, 0.5) is 0 Å². The first-order valence-electron chi connectivity index (χ1n) is 9.23. The van der Waals surface area contributed by atoms with Gasteiger partial charge in [0.05, 0.1) is 19.0 Å². The van der Waals surface area contributed by atoms with E-state index in [9.17, 15) is 9.59 Å². The predicted octanol–water partition coefficient (Wildman–Crippen LogP) is -2.77. The molecule has 0 bridgehead atoms. The Balaban J connectivity index is -0.000000126. The van der Waals surface area contributed by atoms with Crippen molar-refractivity contribution < 1.29 is 183 Å². The number of phenols is 2. The van der Waals surface area contributed by atoms with Gasteiger partial charge in [-0.2, -0.15) is 0 Å². The fourth-order valence-corrected chi connectivity index (χ4v) is 2.55. The molecule has 0 amide bonds. The number of alkyl halides is 1. The Labute approximate surface area is 342 Å². The van der Waals surface area contributed by atoms with E-state index in [0.29, 0.717) is 24.3 Å². The van der Waals surface area contributed by atoms with Crippen molar-refractivity contribution in [3.8, 4) is 11.5 Å². The predicted molar refractivity (Wildman–Crippen MR) is 130 cm³/mol. The largest absolute Gasteiger partial charge is 1.00 e. The molecular weight excluding hydrogens is 806 g/mol. The van der Waals surface area contributed by atoms with E-state index >= 15 is 0 Å². The van der Waals surface area contributed by atoms with Gasteiger partial charge in [-0.1, -0.05) is 15.9 Å². The van der Waals surface area contributed by atoms with Crippen LogP contribution in [-0.4, -0.2) is 52.9 Å². The Morgan fingerprint density at radius 1 is 0.971 bits per heavy atom. The summed E-state index contributed by atoms with van der Waals surface area (Å²) in [6.45, 7) is 4.25. The van der Waals surface area contributed by atoms with Crippen molar-refractivity contribution in [2.45, 2.75) is 23.6 Å². The van der Waals surface area contributed by atoms with Crippen LogP contribution in [0.3, 0.4) is 0 Å². The molecule has 9 nitrogen and oxygen atoms in total. The van der Waals surface area contributed by atoms with Crippen LogP contribution in [-0.2, 0) is 28.7 Å². The fourth-order valence-electron chi connectivity index (χ4n) is 1.54. The van der Waals surface area contributed by atoms with E-state index in [1.807, 2.05) is 0 Å². The summed E-state index contributed by atoms with van der Waals surface area (Å²) < 4.78 is 9.28. The molecule has 14 heteroatoms. The molecule has 2 aromatic carbocycles. The van der Waals surface area contributed by atoms with Gasteiger partial charge in [-0.3, -0.25) is 14.4 Å². The molecular formula is C21H27BrCs2O9S2. The van der Waals surface area contributed by atoms with Gasteiger partial charge in [0.2, 0.25) is 0 Å².